The number of nitrogens with one attached hydrogen (secondary N) is 1. The highest BCUT2D eigenvalue weighted by molar-refractivity contribution is 5.86. The fourth-order valence-electron chi connectivity index (χ4n) is 1.91. The summed E-state index contributed by atoms with van der Waals surface area (Å²) in [5.74, 6) is 0.0992. The summed E-state index contributed by atoms with van der Waals surface area (Å²) in [6, 6.07) is 7.22. The van der Waals surface area contributed by atoms with Crippen molar-refractivity contribution in [2.45, 2.75) is 18.9 Å². The lowest BCUT2D eigenvalue weighted by atomic mass is 9.90. The zero-order chi connectivity index (χ0) is 15.0. The topological polar surface area (TPSA) is 113 Å². The molecule has 0 radical (unpaired) electrons. The van der Waals surface area contributed by atoms with Crippen LogP contribution in [-0.4, -0.2) is 26.1 Å². The van der Waals surface area contributed by atoms with E-state index in [0.717, 1.165) is 0 Å². The summed E-state index contributed by atoms with van der Waals surface area (Å²) in [5.41, 5.74) is 13.4. The maximum absolute atomic E-state index is 11.8. The first-order chi connectivity index (χ1) is 9.56. The van der Waals surface area contributed by atoms with Gasteiger partial charge in [0.15, 0.2) is 0 Å². The van der Waals surface area contributed by atoms with Crippen LogP contribution >= 0.6 is 0 Å². The van der Waals surface area contributed by atoms with Gasteiger partial charge in [0.05, 0.1) is 7.11 Å². The number of para-hydroxylation sites is 1. The van der Waals surface area contributed by atoms with Gasteiger partial charge in [-0.2, -0.15) is 0 Å². The average molecular weight is 277 g/mol. The van der Waals surface area contributed by atoms with Gasteiger partial charge in [-0.1, -0.05) is 23.3 Å². The summed E-state index contributed by atoms with van der Waals surface area (Å²) in [4.78, 5) is 14.5. The number of methoxy groups -OCH3 is 1. The molecule has 0 aromatic heterocycles. The number of carbonyl (C=O) groups is 1. The van der Waals surface area contributed by atoms with Crippen LogP contribution in [0.15, 0.2) is 29.4 Å². The van der Waals surface area contributed by atoms with E-state index in [-0.39, 0.29) is 0 Å². The summed E-state index contributed by atoms with van der Waals surface area (Å²) < 4.78 is 5.27. The van der Waals surface area contributed by atoms with Gasteiger partial charge in [-0.3, -0.25) is 10.1 Å². The molecule has 1 rings (SSSR count). The minimum absolute atomic E-state index is 0.365. The van der Waals surface area contributed by atoms with E-state index in [1.54, 1.807) is 26.2 Å². The number of azide groups is 1. The number of benzene rings is 1. The molecule has 1 unspecified atom stereocenters. The quantitative estimate of drug-likeness (QED) is 0.326. The third-order valence-electron chi connectivity index (χ3n) is 3.12. The molecule has 0 saturated carbocycles. The number of nitrogens with two attached hydrogens (primary N) is 1. The molecule has 0 fully saturated rings. The Morgan fingerprint density at radius 3 is 2.85 bits per heavy atom. The van der Waals surface area contributed by atoms with E-state index >= 15 is 0 Å². The van der Waals surface area contributed by atoms with Crippen molar-refractivity contribution < 1.29 is 9.53 Å². The highest BCUT2D eigenvalue weighted by Gasteiger charge is 2.34. The Morgan fingerprint density at radius 2 is 2.25 bits per heavy atom. The smallest absolute Gasteiger partial charge is 0.242 e. The second-order valence-corrected chi connectivity index (χ2v) is 4.42. The van der Waals surface area contributed by atoms with E-state index < -0.39 is 11.4 Å². The van der Waals surface area contributed by atoms with Crippen LogP contribution in [0, 0.1) is 0 Å². The lowest BCUT2D eigenvalue weighted by Gasteiger charge is -2.29. The number of primary amides is 1. The maximum atomic E-state index is 11.8. The summed E-state index contributed by atoms with van der Waals surface area (Å²) in [5, 5.41) is 6.55. The van der Waals surface area contributed by atoms with Gasteiger partial charge in [-0.15, -0.1) is 0 Å². The number of hydrogen-bond donors (Lipinski definition) is 2. The SMILES string of the molecule is COc1ccccc1C(C)(NCCCN=[N+]=[N-])C(N)=O. The lowest BCUT2D eigenvalue weighted by molar-refractivity contribution is -0.124. The van der Waals surface area contributed by atoms with Crippen LogP contribution in [0.4, 0.5) is 0 Å². The number of nitrogens with zero attached hydrogens (tertiary/aromatic N) is 3. The van der Waals surface area contributed by atoms with Crippen LogP contribution < -0.4 is 15.8 Å². The Kier molecular flexibility index (Phi) is 5.83. The van der Waals surface area contributed by atoms with Gasteiger partial charge < -0.3 is 10.5 Å². The Bertz CT molecular complexity index is 513. The number of ether oxygens (including phenoxy) is 1. The molecule has 7 nitrogen and oxygen atoms in total. The third kappa shape index (κ3) is 3.63. The molecule has 1 aromatic carbocycles. The molecule has 0 saturated heterocycles. The van der Waals surface area contributed by atoms with Gasteiger partial charge in [0.1, 0.15) is 11.3 Å². The van der Waals surface area contributed by atoms with Crippen LogP contribution in [0.3, 0.4) is 0 Å². The standard InChI is InChI=1S/C13H19N5O2/c1-13(12(14)19,16-8-5-9-17-18-15)10-6-3-4-7-11(10)20-2/h3-4,6-7,16H,5,8-9H2,1-2H3,(H2,14,19). The largest absolute Gasteiger partial charge is 0.496 e. The lowest BCUT2D eigenvalue weighted by Crippen LogP contribution is -2.51. The number of hydrogen-bond acceptors (Lipinski definition) is 4. The Hall–Kier alpha value is -2.24. The van der Waals surface area contributed by atoms with E-state index in [1.807, 2.05) is 12.1 Å². The van der Waals surface area contributed by atoms with Gasteiger partial charge in [-0.05, 0) is 31.5 Å². The summed E-state index contributed by atoms with van der Waals surface area (Å²) >= 11 is 0. The first-order valence-corrected chi connectivity index (χ1v) is 6.25. The van der Waals surface area contributed by atoms with Crippen molar-refractivity contribution >= 4 is 5.91 Å². The summed E-state index contributed by atoms with van der Waals surface area (Å²) in [7, 11) is 1.54. The van der Waals surface area contributed by atoms with Crippen LogP contribution in [0.5, 0.6) is 5.75 Å². The molecule has 0 bridgehead atoms. The van der Waals surface area contributed by atoms with E-state index in [4.69, 9.17) is 16.0 Å². The van der Waals surface area contributed by atoms with Crippen molar-refractivity contribution in [3.05, 3.63) is 40.3 Å². The molecule has 1 aromatic rings. The molecule has 0 aliphatic heterocycles. The van der Waals surface area contributed by atoms with Crippen molar-refractivity contribution in [1.29, 1.82) is 0 Å². The highest BCUT2D eigenvalue weighted by atomic mass is 16.5. The van der Waals surface area contributed by atoms with E-state index in [2.05, 4.69) is 15.3 Å². The molecule has 0 aliphatic rings. The summed E-state index contributed by atoms with van der Waals surface area (Å²) in [6.45, 7) is 2.57. The monoisotopic (exact) mass is 277 g/mol. The van der Waals surface area contributed by atoms with Crippen molar-refractivity contribution in [2.24, 2.45) is 10.8 Å². The zero-order valence-corrected chi connectivity index (χ0v) is 11.7. The summed E-state index contributed by atoms with van der Waals surface area (Å²) in [6.07, 6.45) is 0.613. The Labute approximate surface area is 117 Å². The molecule has 0 spiro atoms. The second kappa shape index (κ2) is 7.37. The first kappa shape index (κ1) is 15.8. The molecule has 0 heterocycles. The normalized spacial score (nSPS) is 13.1. The fourth-order valence-corrected chi connectivity index (χ4v) is 1.91. The van der Waals surface area contributed by atoms with Gasteiger partial charge in [-0.25, -0.2) is 0 Å². The van der Waals surface area contributed by atoms with Gasteiger partial charge in [0.25, 0.3) is 0 Å². The Morgan fingerprint density at radius 1 is 1.55 bits per heavy atom. The minimum atomic E-state index is -1.04. The molecular formula is C13H19N5O2. The maximum Gasteiger partial charge on any atom is 0.242 e. The molecule has 1 amide bonds. The average Bonchev–Trinajstić information content (AvgIpc) is 2.46. The van der Waals surface area contributed by atoms with E-state index in [9.17, 15) is 4.79 Å². The van der Waals surface area contributed by atoms with Gasteiger partial charge in [0.2, 0.25) is 5.91 Å². The fraction of sp³-hybridized carbons (Fsp3) is 0.462. The zero-order valence-electron chi connectivity index (χ0n) is 11.7. The Balaban J connectivity index is 2.91. The van der Waals surface area contributed by atoms with Crippen molar-refractivity contribution in [2.75, 3.05) is 20.2 Å². The minimum Gasteiger partial charge on any atom is -0.496 e. The van der Waals surface area contributed by atoms with Gasteiger partial charge >= 0.3 is 0 Å². The predicted molar refractivity (Wildman–Crippen MR) is 76.2 cm³/mol. The number of amides is 1. The van der Waals surface area contributed by atoms with Crippen molar-refractivity contribution in [3.63, 3.8) is 0 Å². The second-order valence-electron chi connectivity index (χ2n) is 4.42. The van der Waals surface area contributed by atoms with Crippen molar-refractivity contribution in [3.8, 4) is 5.75 Å². The predicted octanol–water partition coefficient (Wildman–Crippen LogP) is 1.69. The highest BCUT2D eigenvalue weighted by Crippen LogP contribution is 2.29. The van der Waals surface area contributed by atoms with Crippen LogP contribution in [0.25, 0.3) is 10.4 Å². The third-order valence-corrected chi connectivity index (χ3v) is 3.12. The molecule has 20 heavy (non-hydrogen) atoms. The molecule has 7 heteroatoms. The molecule has 3 N–H and O–H groups in total. The molecular weight excluding hydrogens is 258 g/mol. The van der Waals surface area contributed by atoms with E-state index in [0.29, 0.717) is 30.8 Å². The first-order valence-electron chi connectivity index (χ1n) is 6.25. The molecule has 108 valence electrons. The van der Waals surface area contributed by atoms with Crippen LogP contribution in [-0.2, 0) is 10.3 Å². The van der Waals surface area contributed by atoms with Crippen molar-refractivity contribution in [1.82, 2.24) is 5.32 Å². The number of rotatable bonds is 8. The molecule has 0 aliphatic carbocycles. The van der Waals surface area contributed by atoms with E-state index in [1.165, 1.54) is 0 Å². The molecule has 1 atom stereocenters. The van der Waals surface area contributed by atoms with Crippen LogP contribution in [0.2, 0.25) is 0 Å². The van der Waals surface area contributed by atoms with Gasteiger partial charge in [0, 0.05) is 17.0 Å². The van der Waals surface area contributed by atoms with Crippen LogP contribution in [0.1, 0.15) is 18.9 Å². The number of carbonyl (C=O) groups excluding carboxylic acids is 1.